The molecule has 46 heavy (non-hydrogen) atoms. The summed E-state index contributed by atoms with van der Waals surface area (Å²) in [5.74, 6) is -2.30. The fourth-order valence-electron chi connectivity index (χ4n) is 5.64. The van der Waals surface area contributed by atoms with Crippen LogP contribution in [0.5, 0.6) is 17.2 Å². The lowest BCUT2D eigenvalue weighted by Crippen LogP contribution is -2.21. The van der Waals surface area contributed by atoms with Crippen LogP contribution in [-0.2, 0) is 28.4 Å². The number of aryl methyl sites for hydroxylation is 1. The van der Waals surface area contributed by atoms with Crippen LogP contribution in [-0.4, -0.2) is 58.7 Å². The van der Waals surface area contributed by atoms with Crippen LogP contribution in [0.2, 0.25) is 0 Å². The van der Waals surface area contributed by atoms with E-state index in [1.807, 2.05) is 15.6 Å². The molecular weight excluding hydrogens is 624 g/mol. The van der Waals surface area contributed by atoms with Crippen molar-refractivity contribution >= 4 is 32.4 Å². The molecule has 0 bridgehead atoms. The third kappa shape index (κ3) is 5.53. The Morgan fingerprint density at radius 1 is 1.09 bits per heavy atom. The third-order valence-electron chi connectivity index (χ3n) is 7.94. The Bertz CT molecular complexity index is 2040. The predicted molar refractivity (Wildman–Crippen MR) is 164 cm³/mol. The minimum absolute atomic E-state index is 0.00128. The van der Waals surface area contributed by atoms with Crippen molar-refractivity contribution in [1.82, 2.24) is 24.5 Å². The van der Waals surface area contributed by atoms with Crippen LogP contribution in [0.4, 0.5) is 20.3 Å². The Labute approximate surface area is 261 Å². The molecule has 2 aromatic carbocycles. The molecule has 0 atom stereocenters. The van der Waals surface area contributed by atoms with Gasteiger partial charge in [0.2, 0.25) is 6.79 Å². The van der Waals surface area contributed by atoms with E-state index >= 15 is 0 Å². The maximum absolute atomic E-state index is 13.3. The van der Waals surface area contributed by atoms with Crippen molar-refractivity contribution in [3.63, 3.8) is 0 Å². The zero-order valence-corrected chi connectivity index (χ0v) is 25.3. The van der Waals surface area contributed by atoms with Crippen molar-refractivity contribution in [3.05, 3.63) is 60.6 Å². The highest BCUT2D eigenvalue weighted by atomic mass is 32.2. The summed E-state index contributed by atoms with van der Waals surface area (Å²) in [6.07, 6.45) is 7.17. The monoisotopic (exact) mass is 653 g/mol. The topological polar surface area (TPSA) is 158 Å². The molecule has 0 saturated carbocycles. The maximum atomic E-state index is 13.3. The molecule has 2 aliphatic rings. The molecule has 0 radical (unpaired) electrons. The molecule has 13 nitrogen and oxygen atoms in total. The molecule has 1 saturated heterocycles. The average molecular weight is 654 g/mol. The average Bonchev–Trinajstić information content (AvgIpc) is 3.80. The molecule has 7 rings (SSSR count). The fourth-order valence-corrected chi connectivity index (χ4v) is 6.20. The number of nitrogens with one attached hydrogen (secondary N) is 1. The Balaban J connectivity index is 1.27. The highest BCUT2D eigenvalue weighted by molar-refractivity contribution is 7.93. The molecule has 3 aromatic heterocycles. The molecule has 3 N–H and O–H groups in total. The highest BCUT2D eigenvalue weighted by Crippen LogP contribution is 2.40. The highest BCUT2D eigenvalue weighted by Gasteiger charge is 2.27. The number of pyridine rings is 1. The lowest BCUT2D eigenvalue weighted by atomic mass is 10.0. The van der Waals surface area contributed by atoms with E-state index in [4.69, 9.17) is 29.8 Å². The number of sulfonamides is 1. The minimum Gasteiger partial charge on any atom is -0.487 e. The number of benzene rings is 2. The van der Waals surface area contributed by atoms with Gasteiger partial charge in [0.05, 0.1) is 28.8 Å². The van der Waals surface area contributed by atoms with Crippen LogP contribution in [0.25, 0.3) is 33.3 Å². The van der Waals surface area contributed by atoms with Crippen molar-refractivity contribution in [2.24, 2.45) is 7.05 Å². The summed E-state index contributed by atoms with van der Waals surface area (Å²) in [5, 5.41) is 9.90. The van der Waals surface area contributed by atoms with E-state index in [0.29, 0.717) is 52.4 Å². The standard InChI is InChI=1S/C30H29F2N7O6S/c1-38-28-21(19-12-35-39(14-19)20-6-8-42-9-7-20)13-34-29(33)26(28)27(36-38)18-3-4-22(37-46(40,41)30(31)32)24(11-18)43-15-17-2-5-23-25(10-17)45-16-44-23/h2-5,10-14,20,30,37H,6-9,15-16H2,1H3,(H2,33,34). The van der Waals surface area contributed by atoms with Crippen LogP contribution in [0.15, 0.2) is 55.0 Å². The van der Waals surface area contributed by atoms with Gasteiger partial charge >= 0.3 is 5.76 Å². The van der Waals surface area contributed by atoms with E-state index in [0.717, 1.165) is 24.0 Å². The van der Waals surface area contributed by atoms with Crippen LogP contribution in [0.1, 0.15) is 24.4 Å². The number of ether oxygens (including phenoxy) is 4. The van der Waals surface area contributed by atoms with Gasteiger partial charge in [-0.25, -0.2) is 13.4 Å². The molecule has 16 heteroatoms. The number of alkyl halides is 2. The first-order chi connectivity index (χ1) is 22.2. The molecule has 240 valence electrons. The minimum atomic E-state index is -4.99. The van der Waals surface area contributed by atoms with Gasteiger partial charge in [-0.1, -0.05) is 12.1 Å². The summed E-state index contributed by atoms with van der Waals surface area (Å²) in [6.45, 7) is 1.43. The summed E-state index contributed by atoms with van der Waals surface area (Å²) in [5.41, 5.74) is 10.2. The van der Waals surface area contributed by atoms with E-state index in [-0.39, 0.29) is 36.7 Å². The van der Waals surface area contributed by atoms with Crippen LogP contribution < -0.4 is 24.7 Å². The predicted octanol–water partition coefficient (Wildman–Crippen LogP) is 4.70. The summed E-state index contributed by atoms with van der Waals surface area (Å²) >= 11 is 0. The molecule has 2 aliphatic heterocycles. The first-order valence-electron chi connectivity index (χ1n) is 14.4. The summed E-state index contributed by atoms with van der Waals surface area (Å²) in [7, 11) is -3.21. The largest absolute Gasteiger partial charge is 0.487 e. The Morgan fingerprint density at radius 3 is 2.70 bits per heavy atom. The van der Waals surface area contributed by atoms with Crippen molar-refractivity contribution in [1.29, 1.82) is 0 Å². The second kappa shape index (κ2) is 11.8. The molecular formula is C30H29F2N7O6S. The second-order valence-electron chi connectivity index (χ2n) is 10.9. The number of aromatic nitrogens is 5. The second-order valence-corrected chi connectivity index (χ2v) is 12.6. The normalized spacial score (nSPS) is 15.1. The van der Waals surface area contributed by atoms with Crippen molar-refractivity contribution in [2.45, 2.75) is 31.2 Å². The SMILES string of the molecule is Cn1nc(-c2ccc(NS(=O)(=O)C(F)F)c(OCc3ccc4c(c3)OCO4)c2)c2c(N)ncc(-c3cnn(C4CCOCC4)c3)c21. The maximum Gasteiger partial charge on any atom is 0.355 e. The number of anilines is 2. The van der Waals surface area contributed by atoms with Crippen molar-refractivity contribution in [3.8, 4) is 39.6 Å². The number of nitrogen functional groups attached to an aromatic ring is 1. The van der Waals surface area contributed by atoms with E-state index in [2.05, 4.69) is 10.1 Å². The number of rotatable bonds is 9. The lowest BCUT2D eigenvalue weighted by molar-refractivity contribution is 0.0662. The molecule has 5 aromatic rings. The van der Waals surface area contributed by atoms with E-state index in [9.17, 15) is 17.2 Å². The number of fused-ring (bicyclic) bond motifs is 2. The molecule has 0 aliphatic carbocycles. The van der Waals surface area contributed by atoms with E-state index < -0.39 is 15.8 Å². The van der Waals surface area contributed by atoms with Crippen LogP contribution >= 0.6 is 0 Å². The summed E-state index contributed by atoms with van der Waals surface area (Å²) in [4.78, 5) is 4.46. The van der Waals surface area contributed by atoms with Crippen molar-refractivity contribution in [2.75, 3.05) is 30.5 Å². The van der Waals surface area contributed by atoms with Crippen LogP contribution in [0, 0.1) is 0 Å². The first-order valence-corrected chi connectivity index (χ1v) is 15.9. The van der Waals surface area contributed by atoms with Crippen LogP contribution in [0.3, 0.4) is 0 Å². The van der Waals surface area contributed by atoms with E-state index in [1.54, 1.807) is 48.4 Å². The zero-order chi connectivity index (χ0) is 32.0. The number of hydrogen-bond acceptors (Lipinski definition) is 10. The first kappa shape index (κ1) is 29.7. The Morgan fingerprint density at radius 2 is 1.89 bits per heavy atom. The molecule has 0 unspecified atom stereocenters. The number of halogens is 2. The van der Waals surface area contributed by atoms with Gasteiger partial charge in [-0.3, -0.25) is 14.1 Å². The molecule has 5 heterocycles. The third-order valence-corrected chi connectivity index (χ3v) is 8.92. The quantitative estimate of drug-likeness (QED) is 0.228. The zero-order valence-electron chi connectivity index (χ0n) is 24.5. The van der Waals surface area contributed by atoms with Gasteiger partial charge in [0.15, 0.2) is 11.5 Å². The number of nitrogens with two attached hydrogens (primary N) is 1. The fraction of sp³-hybridized carbons (Fsp3) is 0.300. The van der Waals surface area contributed by atoms with Crippen molar-refractivity contribution < 1.29 is 36.1 Å². The van der Waals surface area contributed by atoms with Gasteiger partial charge < -0.3 is 24.7 Å². The summed E-state index contributed by atoms with van der Waals surface area (Å²) in [6, 6.07) is 9.85. The number of nitrogens with zero attached hydrogens (tertiary/aromatic N) is 5. The smallest absolute Gasteiger partial charge is 0.355 e. The van der Waals surface area contributed by atoms with Gasteiger partial charge in [0, 0.05) is 49.3 Å². The van der Waals surface area contributed by atoms with Gasteiger partial charge in [-0.2, -0.15) is 19.0 Å². The lowest BCUT2D eigenvalue weighted by Gasteiger charge is -2.22. The van der Waals surface area contributed by atoms with E-state index in [1.165, 1.54) is 12.1 Å². The Kier molecular flexibility index (Phi) is 7.60. The molecule has 0 spiro atoms. The summed E-state index contributed by atoms with van der Waals surface area (Å²) < 4.78 is 78.6. The van der Waals surface area contributed by atoms with Gasteiger partial charge in [-0.15, -0.1) is 0 Å². The van der Waals surface area contributed by atoms with Gasteiger partial charge in [0.1, 0.15) is 23.9 Å². The van der Waals surface area contributed by atoms with Gasteiger partial charge in [0.25, 0.3) is 10.0 Å². The number of hydrogen-bond donors (Lipinski definition) is 2. The Hall–Kier alpha value is -4.96. The molecule has 0 amide bonds. The molecule has 1 fully saturated rings. The van der Waals surface area contributed by atoms with Gasteiger partial charge in [-0.05, 0) is 42.7 Å².